The van der Waals surface area contributed by atoms with Gasteiger partial charge in [-0.1, -0.05) is 11.6 Å². The Balaban J connectivity index is 2.75. The van der Waals surface area contributed by atoms with Gasteiger partial charge in [0.1, 0.15) is 34.5 Å². The third-order valence-electron chi connectivity index (χ3n) is 3.19. The minimum Gasteiger partial charge on any atom is -0.363 e. The quantitative estimate of drug-likeness (QED) is 0.608. The minimum atomic E-state index is -4.76. The highest BCUT2D eigenvalue weighted by Gasteiger charge is 2.37. The average molecular weight is 399 g/mol. The van der Waals surface area contributed by atoms with Gasteiger partial charge in [0.2, 0.25) is 5.82 Å². The van der Waals surface area contributed by atoms with E-state index in [0.717, 1.165) is 0 Å². The zero-order chi connectivity index (χ0) is 19.8. The highest BCUT2D eigenvalue weighted by molar-refractivity contribution is 6.33. The van der Waals surface area contributed by atoms with Gasteiger partial charge in [-0.3, -0.25) is 4.79 Å². The molecule has 1 unspecified atom stereocenters. The van der Waals surface area contributed by atoms with E-state index in [4.69, 9.17) is 17.3 Å². The maximum Gasteiger partial charge on any atom is 0.408 e. The number of amides is 1. The Bertz CT molecular complexity index is 850. The highest BCUT2D eigenvalue weighted by Crippen LogP contribution is 2.37. The molecule has 1 aromatic carbocycles. The molecule has 1 atom stereocenters. The van der Waals surface area contributed by atoms with Gasteiger partial charge in [0, 0.05) is 12.1 Å². The van der Waals surface area contributed by atoms with Crippen molar-refractivity contribution in [2.75, 3.05) is 5.32 Å². The molecule has 5 nitrogen and oxygen atoms in total. The summed E-state index contributed by atoms with van der Waals surface area (Å²) in [5.41, 5.74) is 3.28. The molecule has 0 saturated heterocycles. The van der Waals surface area contributed by atoms with Crippen molar-refractivity contribution < 1.29 is 31.1 Å². The van der Waals surface area contributed by atoms with Crippen LogP contribution in [0, 0.1) is 17.5 Å². The summed E-state index contributed by atoms with van der Waals surface area (Å²) in [7, 11) is 0. The first kappa shape index (κ1) is 19.8. The second-order valence-electron chi connectivity index (χ2n) is 5.08. The fourth-order valence-electron chi connectivity index (χ4n) is 1.94. The van der Waals surface area contributed by atoms with Gasteiger partial charge in [0.25, 0.3) is 5.91 Å². The van der Waals surface area contributed by atoms with Crippen LogP contribution in [0.1, 0.15) is 17.5 Å². The number of primary amides is 1. The third kappa shape index (κ3) is 3.98. The third-order valence-corrected chi connectivity index (χ3v) is 3.46. The molecule has 0 fully saturated rings. The summed E-state index contributed by atoms with van der Waals surface area (Å²) in [6.07, 6.45) is -4.76. The molecule has 1 aromatic heterocycles. The number of aromatic nitrogens is 2. The molecule has 26 heavy (non-hydrogen) atoms. The van der Waals surface area contributed by atoms with Crippen LogP contribution in [0.4, 0.5) is 32.2 Å². The standard InChI is InChI=1S/C14H9ClF6N4O/c1-4(14(19,20)21)23-12-9(10(15)24-13(25-12)11(22)26)8-6(17)2-5(16)3-7(8)18/h2-4H,1H3,(H2,22,26)(H,23,24,25). The maximum atomic E-state index is 14.1. The molecule has 0 aliphatic rings. The van der Waals surface area contributed by atoms with Gasteiger partial charge in [-0.2, -0.15) is 13.2 Å². The van der Waals surface area contributed by atoms with E-state index >= 15 is 0 Å². The molecule has 0 aliphatic carbocycles. The molecule has 0 radical (unpaired) electrons. The Morgan fingerprint density at radius 3 is 2.15 bits per heavy atom. The summed E-state index contributed by atoms with van der Waals surface area (Å²) in [5.74, 6) is -6.98. The number of nitrogens with one attached hydrogen (secondary N) is 1. The molecule has 0 saturated carbocycles. The summed E-state index contributed by atoms with van der Waals surface area (Å²) < 4.78 is 79.6. The Kier molecular flexibility index (Phi) is 5.31. The average Bonchev–Trinajstić information content (AvgIpc) is 2.47. The van der Waals surface area contributed by atoms with E-state index in [2.05, 4.69) is 9.97 Å². The Hall–Kier alpha value is -2.56. The van der Waals surface area contributed by atoms with Gasteiger partial charge in [-0.05, 0) is 6.92 Å². The molecular weight excluding hydrogens is 390 g/mol. The lowest BCUT2D eigenvalue weighted by molar-refractivity contribution is -0.138. The van der Waals surface area contributed by atoms with E-state index in [1.165, 1.54) is 0 Å². The summed E-state index contributed by atoms with van der Waals surface area (Å²) in [6.45, 7) is 0.696. The van der Waals surface area contributed by atoms with Crippen LogP contribution in [0.3, 0.4) is 0 Å². The Labute approximate surface area is 147 Å². The van der Waals surface area contributed by atoms with Gasteiger partial charge in [0.05, 0.1) is 11.1 Å². The van der Waals surface area contributed by atoms with Crippen molar-refractivity contribution in [3.05, 3.63) is 40.6 Å². The van der Waals surface area contributed by atoms with Gasteiger partial charge in [-0.15, -0.1) is 0 Å². The number of rotatable bonds is 4. The number of alkyl halides is 3. The van der Waals surface area contributed by atoms with Crippen molar-refractivity contribution >= 4 is 23.3 Å². The van der Waals surface area contributed by atoms with E-state index in [1.54, 1.807) is 0 Å². The normalized spacial score (nSPS) is 12.8. The predicted octanol–water partition coefficient (Wildman–Crippen LogP) is 3.68. The molecule has 140 valence electrons. The Morgan fingerprint density at radius 2 is 1.69 bits per heavy atom. The fraction of sp³-hybridized carbons (Fsp3) is 0.214. The van der Waals surface area contributed by atoms with Crippen LogP contribution in [0.2, 0.25) is 5.15 Å². The summed E-state index contributed by atoms with van der Waals surface area (Å²) in [4.78, 5) is 18.1. The number of carbonyl (C=O) groups is 1. The summed E-state index contributed by atoms with van der Waals surface area (Å²) in [6, 6.07) is -1.64. The highest BCUT2D eigenvalue weighted by atomic mass is 35.5. The largest absolute Gasteiger partial charge is 0.408 e. The van der Waals surface area contributed by atoms with Crippen LogP contribution in [0.5, 0.6) is 0 Å². The monoisotopic (exact) mass is 398 g/mol. The van der Waals surface area contributed by atoms with E-state index in [-0.39, 0.29) is 0 Å². The van der Waals surface area contributed by atoms with Crippen molar-refractivity contribution in [2.45, 2.75) is 19.1 Å². The van der Waals surface area contributed by atoms with E-state index < -0.39 is 63.5 Å². The lowest BCUT2D eigenvalue weighted by Crippen LogP contribution is -2.34. The number of halogens is 7. The number of hydrogen-bond donors (Lipinski definition) is 2. The minimum absolute atomic E-state index is 0.299. The molecule has 2 aromatic rings. The van der Waals surface area contributed by atoms with Crippen molar-refractivity contribution in [1.82, 2.24) is 9.97 Å². The number of benzene rings is 1. The van der Waals surface area contributed by atoms with Crippen LogP contribution < -0.4 is 11.1 Å². The summed E-state index contributed by atoms with van der Waals surface area (Å²) >= 11 is 5.79. The second-order valence-corrected chi connectivity index (χ2v) is 5.44. The lowest BCUT2D eigenvalue weighted by Gasteiger charge is -2.20. The van der Waals surface area contributed by atoms with Crippen LogP contribution in [-0.4, -0.2) is 28.1 Å². The van der Waals surface area contributed by atoms with Crippen molar-refractivity contribution in [1.29, 1.82) is 0 Å². The van der Waals surface area contributed by atoms with Crippen LogP contribution in [-0.2, 0) is 0 Å². The lowest BCUT2D eigenvalue weighted by atomic mass is 10.1. The van der Waals surface area contributed by atoms with E-state index in [1.807, 2.05) is 5.32 Å². The van der Waals surface area contributed by atoms with Crippen LogP contribution in [0.25, 0.3) is 11.1 Å². The van der Waals surface area contributed by atoms with Gasteiger partial charge >= 0.3 is 6.18 Å². The molecule has 0 bridgehead atoms. The first-order chi connectivity index (χ1) is 11.9. The van der Waals surface area contributed by atoms with Crippen molar-refractivity contribution in [3.8, 4) is 11.1 Å². The molecular formula is C14H9ClF6N4O. The van der Waals surface area contributed by atoms with E-state index in [0.29, 0.717) is 19.1 Å². The summed E-state index contributed by atoms with van der Waals surface area (Å²) in [5, 5.41) is 1.10. The number of nitrogens with zero attached hydrogens (tertiary/aromatic N) is 2. The first-order valence-corrected chi connectivity index (χ1v) is 7.15. The Morgan fingerprint density at radius 1 is 1.15 bits per heavy atom. The SMILES string of the molecule is CC(Nc1nc(C(N)=O)nc(Cl)c1-c1c(F)cc(F)cc1F)C(F)(F)F. The maximum absolute atomic E-state index is 14.1. The van der Waals surface area contributed by atoms with Gasteiger partial charge in [-0.25, -0.2) is 23.1 Å². The molecule has 1 heterocycles. The van der Waals surface area contributed by atoms with Crippen LogP contribution in [0.15, 0.2) is 12.1 Å². The first-order valence-electron chi connectivity index (χ1n) is 6.77. The number of hydrogen-bond acceptors (Lipinski definition) is 4. The topological polar surface area (TPSA) is 80.9 Å². The number of carbonyl (C=O) groups excluding carboxylic acids is 1. The molecule has 2 rings (SSSR count). The van der Waals surface area contributed by atoms with Crippen molar-refractivity contribution in [3.63, 3.8) is 0 Å². The molecule has 3 N–H and O–H groups in total. The van der Waals surface area contributed by atoms with Gasteiger partial charge in [0.15, 0.2) is 0 Å². The molecule has 12 heteroatoms. The molecule has 0 aliphatic heterocycles. The fourth-order valence-corrected chi connectivity index (χ4v) is 2.20. The number of nitrogens with two attached hydrogens (primary N) is 1. The van der Waals surface area contributed by atoms with Crippen molar-refractivity contribution in [2.24, 2.45) is 5.73 Å². The predicted molar refractivity (Wildman–Crippen MR) is 80.0 cm³/mol. The zero-order valence-electron chi connectivity index (χ0n) is 12.8. The molecule has 0 spiro atoms. The van der Waals surface area contributed by atoms with Crippen LogP contribution >= 0.6 is 11.6 Å². The van der Waals surface area contributed by atoms with Gasteiger partial charge < -0.3 is 11.1 Å². The smallest absolute Gasteiger partial charge is 0.363 e. The van der Waals surface area contributed by atoms with E-state index in [9.17, 15) is 31.1 Å². The molecule has 1 amide bonds. The second kappa shape index (κ2) is 6.98. The number of anilines is 1. The zero-order valence-corrected chi connectivity index (χ0v) is 13.5.